The number of carbonyl (C=O) groups is 2. The molecule has 0 radical (unpaired) electrons. The number of hydrogen-bond acceptors (Lipinski definition) is 4. The lowest BCUT2D eigenvalue weighted by atomic mass is 9.78. The van der Waals surface area contributed by atoms with Crippen molar-refractivity contribution in [2.45, 2.75) is 31.2 Å². The molecule has 0 aromatic heterocycles. The summed E-state index contributed by atoms with van der Waals surface area (Å²) in [6.45, 7) is 0. The summed E-state index contributed by atoms with van der Waals surface area (Å²) in [4.78, 5) is 32.4. The molecule has 5 nitrogen and oxygen atoms in total. The van der Waals surface area contributed by atoms with Crippen LogP contribution in [0.15, 0.2) is 114 Å². The van der Waals surface area contributed by atoms with E-state index in [0.29, 0.717) is 23.4 Å². The van der Waals surface area contributed by atoms with Crippen LogP contribution in [0.3, 0.4) is 0 Å². The maximum absolute atomic E-state index is 14.3. The lowest BCUT2D eigenvalue weighted by molar-refractivity contribution is -0.118. The number of carbonyl (C=O) groups excluding carboxylic acids is 2. The van der Waals surface area contributed by atoms with E-state index < -0.39 is 6.04 Å². The van der Waals surface area contributed by atoms with Gasteiger partial charge in [-0.05, 0) is 65.4 Å². The second kappa shape index (κ2) is 11.3. The molecule has 0 saturated carbocycles. The number of halogens is 1. The van der Waals surface area contributed by atoms with Gasteiger partial charge >= 0.3 is 0 Å². The number of rotatable bonds is 5. The molecule has 1 aliphatic carbocycles. The molecule has 4 aromatic rings. The van der Waals surface area contributed by atoms with Gasteiger partial charge in [0.15, 0.2) is 5.78 Å². The minimum absolute atomic E-state index is 0.0153. The summed E-state index contributed by atoms with van der Waals surface area (Å²) in [5.74, 6) is 0.000676. The Morgan fingerprint density at radius 1 is 0.854 bits per heavy atom. The van der Waals surface area contributed by atoms with Crippen LogP contribution in [0.5, 0.6) is 0 Å². The van der Waals surface area contributed by atoms with Crippen LogP contribution in [0.4, 0.5) is 17.1 Å². The number of nitrogens with zero attached hydrogens (tertiary/aromatic N) is 2. The fraction of sp³-hybridized carbons (Fsp3) is 0.200. The van der Waals surface area contributed by atoms with Crippen molar-refractivity contribution in [2.75, 3.05) is 29.2 Å². The van der Waals surface area contributed by atoms with Crippen molar-refractivity contribution in [3.05, 3.63) is 136 Å². The molecule has 2 aliphatic rings. The fourth-order valence-electron chi connectivity index (χ4n) is 5.96. The van der Waals surface area contributed by atoms with Crippen LogP contribution in [-0.2, 0) is 16.0 Å². The van der Waals surface area contributed by atoms with Crippen LogP contribution < -0.4 is 15.1 Å². The highest BCUT2D eigenvalue weighted by Gasteiger charge is 2.41. The van der Waals surface area contributed by atoms with Crippen LogP contribution in [0, 0.1) is 0 Å². The van der Waals surface area contributed by atoms with Gasteiger partial charge in [-0.15, -0.1) is 0 Å². The topological polar surface area (TPSA) is 52.7 Å². The number of para-hydroxylation sites is 2. The minimum atomic E-state index is -0.563. The zero-order valence-electron chi connectivity index (χ0n) is 23.2. The number of fused-ring (bicyclic) bond motifs is 1. The summed E-state index contributed by atoms with van der Waals surface area (Å²) < 4.78 is 0. The van der Waals surface area contributed by atoms with E-state index in [1.165, 1.54) is 0 Å². The van der Waals surface area contributed by atoms with Crippen molar-refractivity contribution in [3.8, 4) is 0 Å². The first kappa shape index (κ1) is 26.9. The van der Waals surface area contributed by atoms with Gasteiger partial charge in [0.2, 0.25) is 5.91 Å². The number of allylic oxidation sites excluding steroid dienone is 1. The smallest absolute Gasteiger partial charge is 0.232 e. The normalized spacial score (nSPS) is 18.2. The first-order valence-electron chi connectivity index (χ1n) is 13.9. The Labute approximate surface area is 246 Å². The van der Waals surface area contributed by atoms with Gasteiger partial charge in [0.1, 0.15) is 0 Å². The maximum Gasteiger partial charge on any atom is 0.232 e. The van der Waals surface area contributed by atoms with E-state index in [1.807, 2.05) is 127 Å². The zero-order valence-corrected chi connectivity index (χ0v) is 23.9. The van der Waals surface area contributed by atoms with Crippen LogP contribution in [0.1, 0.15) is 41.5 Å². The molecular weight excluding hydrogens is 530 g/mol. The van der Waals surface area contributed by atoms with Gasteiger partial charge in [0, 0.05) is 42.5 Å². The molecule has 6 heteroatoms. The average molecular weight is 562 g/mol. The molecule has 6 rings (SSSR count). The van der Waals surface area contributed by atoms with Crippen LogP contribution in [0.2, 0.25) is 5.02 Å². The number of benzene rings is 4. The third kappa shape index (κ3) is 5.38. The highest BCUT2D eigenvalue weighted by atomic mass is 35.5. The second-order valence-corrected chi connectivity index (χ2v) is 11.4. The number of nitrogens with one attached hydrogen (secondary N) is 1. The first-order valence-corrected chi connectivity index (χ1v) is 14.3. The Kier molecular flexibility index (Phi) is 7.38. The van der Waals surface area contributed by atoms with Crippen LogP contribution in [0.25, 0.3) is 0 Å². The average Bonchev–Trinajstić information content (AvgIpc) is 3.13. The molecule has 206 valence electrons. The highest BCUT2D eigenvalue weighted by Crippen LogP contribution is 2.47. The molecule has 0 bridgehead atoms. The van der Waals surface area contributed by atoms with Gasteiger partial charge in [0.05, 0.1) is 23.8 Å². The van der Waals surface area contributed by atoms with E-state index in [2.05, 4.69) is 5.32 Å². The number of amides is 1. The van der Waals surface area contributed by atoms with Crippen molar-refractivity contribution in [1.82, 2.24) is 0 Å². The van der Waals surface area contributed by atoms with Gasteiger partial charge in [-0.1, -0.05) is 78.3 Å². The molecule has 1 aliphatic heterocycles. The molecule has 0 saturated heterocycles. The molecule has 1 N–H and O–H groups in total. The Balaban J connectivity index is 1.51. The summed E-state index contributed by atoms with van der Waals surface area (Å²) in [6.07, 6.45) is 1.25. The van der Waals surface area contributed by atoms with Gasteiger partial charge in [-0.2, -0.15) is 0 Å². The molecule has 4 aromatic carbocycles. The molecule has 2 atom stereocenters. The van der Waals surface area contributed by atoms with E-state index >= 15 is 0 Å². The van der Waals surface area contributed by atoms with Crippen molar-refractivity contribution >= 4 is 40.4 Å². The minimum Gasteiger partial charge on any atom is -0.378 e. The van der Waals surface area contributed by atoms with Crippen molar-refractivity contribution in [3.63, 3.8) is 0 Å². The third-order valence-corrected chi connectivity index (χ3v) is 8.27. The molecule has 0 fully saturated rings. The van der Waals surface area contributed by atoms with Crippen molar-refractivity contribution in [1.29, 1.82) is 0 Å². The zero-order chi connectivity index (χ0) is 28.5. The van der Waals surface area contributed by atoms with E-state index in [1.54, 1.807) is 0 Å². The summed E-state index contributed by atoms with van der Waals surface area (Å²) in [7, 11) is 4.00. The quantitative estimate of drug-likeness (QED) is 0.273. The molecule has 1 amide bonds. The summed E-state index contributed by atoms with van der Waals surface area (Å²) >= 11 is 6.16. The van der Waals surface area contributed by atoms with Crippen molar-refractivity contribution in [2.24, 2.45) is 0 Å². The van der Waals surface area contributed by atoms with Crippen molar-refractivity contribution < 1.29 is 9.59 Å². The Hall–Kier alpha value is -4.35. The highest BCUT2D eigenvalue weighted by molar-refractivity contribution is 6.30. The lowest BCUT2D eigenvalue weighted by Crippen LogP contribution is -2.39. The van der Waals surface area contributed by atoms with E-state index in [-0.39, 0.29) is 24.0 Å². The van der Waals surface area contributed by atoms with E-state index in [0.717, 1.165) is 39.4 Å². The van der Waals surface area contributed by atoms with Gasteiger partial charge < -0.3 is 10.2 Å². The third-order valence-electron chi connectivity index (χ3n) is 8.02. The van der Waals surface area contributed by atoms with Crippen LogP contribution >= 0.6 is 11.6 Å². The number of hydrogen-bond donors (Lipinski definition) is 1. The van der Waals surface area contributed by atoms with Gasteiger partial charge in [-0.25, -0.2) is 0 Å². The maximum atomic E-state index is 14.3. The van der Waals surface area contributed by atoms with Gasteiger partial charge in [-0.3, -0.25) is 14.5 Å². The Morgan fingerprint density at radius 2 is 1.51 bits per heavy atom. The Bertz CT molecular complexity index is 1610. The summed E-state index contributed by atoms with van der Waals surface area (Å²) in [5, 5.41) is 4.28. The monoisotopic (exact) mass is 561 g/mol. The fourth-order valence-corrected chi connectivity index (χ4v) is 6.09. The summed E-state index contributed by atoms with van der Waals surface area (Å²) in [5.41, 5.74) is 7.07. The first-order chi connectivity index (χ1) is 19.9. The predicted molar refractivity (Wildman–Crippen MR) is 167 cm³/mol. The van der Waals surface area contributed by atoms with Gasteiger partial charge in [0.25, 0.3) is 0 Å². The SMILES string of the molecule is CN(C)c1ccc([C@H]2C3=C(C[C@H](c4ccc(Cl)cc4)CC3=O)Nc3ccccc3N2C(=O)Cc2ccccc2)cc1. The van der Waals surface area contributed by atoms with Crippen LogP contribution in [-0.4, -0.2) is 25.8 Å². The number of ketones is 1. The molecule has 41 heavy (non-hydrogen) atoms. The number of Topliss-reactive ketones (excluding diaryl/α,β-unsaturated/α-hetero) is 1. The number of anilines is 3. The lowest BCUT2D eigenvalue weighted by Gasteiger charge is -2.35. The molecule has 0 unspecified atom stereocenters. The molecular formula is C35H32ClN3O2. The van der Waals surface area contributed by atoms with E-state index in [4.69, 9.17) is 11.6 Å². The standard InChI is InChI=1S/C35H32ClN3O2/c1-38(2)28-18-14-25(15-19-28)35-34-30(21-26(22-32(34)40)24-12-16-27(36)17-13-24)37-29-10-6-7-11-31(29)39(35)33(41)20-23-8-4-3-5-9-23/h3-19,26,35,37H,20-22H2,1-2H3/t26-,35-/m0/s1. The predicted octanol–water partition coefficient (Wildman–Crippen LogP) is 7.55. The molecule has 0 spiro atoms. The largest absolute Gasteiger partial charge is 0.378 e. The second-order valence-electron chi connectivity index (χ2n) is 10.9. The van der Waals surface area contributed by atoms with E-state index in [9.17, 15) is 9.59 Å². The Morgan fingerprint density at radius 3 is 2.22 bits per heavy atom. The summed E-state index contributed by atoms with van der Waals surface area (Å²) in [6, 6.07) is 33.0. The molecule has 1 heterocycles.